The van der Waals surface area contributed by atoms with Crippen molar-refractivity contribution in [2.24, 2.45) is 5.92 Å². The molecule has 0 rings (SSSR count). The molecule has 17 heavy (non-hydrogen) atoms. The van der Waals surface area contributed by atoms with Crippen molar-refractivity contribution in [3.05, 3.63) is 12.2 Å². The van der Waals surface area contributed by atoms with Gasteiger partial charge in [0.1, 0.15) is 0 Å². The van der Waals surface area contributed by atoms with Crippen LogP contribution in [-0.2, 0) is 8.85 Å². The van der Waals surface area contributed by atoms with Crippen molar-refractivity contribution in [2.45, 2.75) is 52.6 Å². The molecule has 0 heterocycles. The quantitative estimate of drug-likeness (QED) is 0.486. The lowest BCUT2D eigenvalue weighted by atomic mass is 10.2. The molecule has 2 nitrogen and oxygen atoms in total. The van der Waals surface area contributed by atoms with Gasteiger partial charge in [-0.1, -0.05) is 19.1 Å². The van der Waals surface area contributed by atoms with Crippen LogP contribution in [-0.4, -0.2) is 29.8 Å². The zero-order chi connectivity index (χ0) is 13.7. The highest BCUT2D eigenvalue weighted by Crippen LogP contribution is 2.22. The van der Waals surface area contributed by atoms with Gasteiger partial charge in [0.2, 0.25) is 0 Å². The van der Waals surface area contributed by atoms with Gasteiger partial charge in [0.25, 0.3) is 0 Å². The van der Waals surface area contributed by atoms with Crippen molar-refractivity contribution < 1.29 is 8.85 Å². The summed E-state index contributed by atoms with van der Waals surface area (Å²) < 4.78 is 11.9. The van der Waals surface area contributed by atoms with E-state index in [0.717, 1.165) is 12.2 Å². The van der Waals surface area contributed by atoms with Gasteiger partial charge in [-0.3, -0.25) is 0 Å². The summed E-state index contributed by atoms with van der Waals surface area (Å²) >= 11 is 0. The van der Waals surface area contributed by atoms with Crippen molar-refractivity contribution in [1.82, 2.24) is 0 Å². The maximum absolute atomic E-state index is 6.33. The topological polar surface area (TPSA) is 18.5 Å². The number of ether oxygens (including phenoxy) is 1. The van der Waals surface area contributed by atoms with E-state index in [1.807, 2.05) is 6.92 Å². The van der Waals surface area contributed by atoms with Crippen LogP contribution in [0.4, 0.5) is 0 Å². The lowest BCUT2D eigenvalue weighted by molar-refractivity contribution is 0.128. The standard InChI is InChI=1S/C13H30O2Si2/c1-12(2)9-14-10-13(3)11-17(7,8)15-16(4,5)6/h13H,1,9-11H2,2-8H3. The molecule has 0 fully saturated rings. The molecule has 0 aliphatic rings. The Morgan fingerprint density at radius 2 is 1.71 bits per heavy atom. The molecule has 1 atom stereocenters. The second-order valence-corrected chi connectivity index (χ2v) is 15.7. The molecule has 102 valence electrons. The third-order valence-corrected chi connectivity index (χ3v) is 8.51. The first-order valence-electron chi connectivity index (χ1n) is 6.44. The first kappa shape index (κ1) is 17.1. The Balaban J connectivity index is 4.00. The second-order valence-electron chi connectivity index (χ2n) is 6.76. The minimum Gasteiger partial charge on any atom is -0.456 e. The highest BCUT2D eigenvalue weighted by atomic mass is 28.4. The third-order valence-electron chi connectivity index (χ3n) is 2.17. The van der Waals surface area contributed by atoms with E-state index in [2.05, 4.69) is 46.2 Å². The molecule has 0 bridgehead atoms. The average molecular weight is 275 g/mol. The number of hydrogen-bond acceptors (Lipinski definition) is 2. The Morgan fingerprint density at radius 1 is 1.18 bits per heavy atom. The molecule has 0 aromatic rings. The first-order chi connectivity index (χ1) is 7.52. The van der Waals surface area contributed by atoms with Crippen molar-refractivity contribution >= 4 is 16.6 Å². The minimum atomic E-state index is -1.52. The maximum atomic E-state index is 6.33. The molecule has 0 amide bonds. The van der Waals surface area contributed by atoms with Crippen molar-refractivity contribution in [2.75, 3.05) is 13.2 Å². The fourth-order valence-electron chi connectivity index (χ4n) is 2.20. The Labute approximate surface area is 110 Å². The summed E-state index contributed by atoms with van der Waals surface area (Å²) in [7, 11) is -2.92. The van der Waals surface area contributed by atoms with Gasteiger partial charge in [0.05, 0.1) is 6.61 Å². The van der Waals surface area contributed by atoms with Gasteiger partial charge in [-0.05, 0) is 51.6 Å². The van der Waals surface area contributed by atoms with Crippen LogP contribution in [0, 0.1) is 5.92 Å². The molecule has 0 aliphatic heterocycles. The van der Waals surface area contributed by atoms with Crippen LogP contribution < -0.4 is 0 Å². The summed E-state index contributed by atoms with van der Waals surface area (Å²) in [6, 6.07) is 1.17. The number of rotatable bonds is 8. The predicted octanol–water partition coefficient (Wildman–Crippen LogP) is 4.27. The Morgan fingerprint density at radius 3 is 2.12 bits per heavy atom. The summed E-state index contributed by atoms with van der Waals surface area (Å²) in [5.41, 5.74) is 1.09. The van der Waals surface area contributed by atoms with Crippen molar-refractivity contribution in [3.63, 3.8) is 0 Å². The van der Waals surface area contributed by atoms with E-state index < -0.39 is 16.6 Å². The van der Waals surface area contributed by atoms with Gasteiger partial charge in [-0.15, -0.1) is 0 Å². The van der Waals surface area contributed by atoms with Crippen LogP contribution in [0.15, 0.2) is 12.2 Å². The van der Waals surface area contributed by atoms with Gasteiger partial charge < -0.3 is 8.85 Å². The van der Waals surface area contributed by atoms with Crippen LogP contribution in [0.25, 0.3) is 0 Å². The first-order valence-corrected chi connectivity index (χ1v) is 13.0. The van der Waals surface area contributed by atoms with Gasteiger partial charge >= 0.3 is 0 Å². The second kappa shape index (κ2) is 6.87. The largest absolute Gasteiger partial charge is 0.456 e. The maximum Gasteiger partial charge on any atom is 0.173 e. The summed E-state index contributed by atoms with van der Waals surface area (Å²) in [6.07, 6.45) is 0. The van der Waals surface area contributed by atoms with Crippen LogP contribution >= 0.6 is 0 Å². The fourth-order valence-corrected chi connectivity index (χ4v) is 11.0. The SMILES string of the molecule is C=C(C)COCC(C)C[Si](C)(C)O[Si](C)(C)C. The van der Waals surface area contributed by atoms with Crippen LogP contribution in [0.5, 0.6) is 0 Å². The molecule has 0 saturated heterocycles. The van der Waals surface area contributed by atoms with E-state index in [1.165, 1.54) is 6.04 Å². The number of hydrogen-bond donors (Lipinski definition) is 0. The van der Waals surface area contributed by atoms with E-state index in [9.17, 15) is 0 Å². The Hall–Kier alpha value is 0.0938. The lowest BCUT2D eigenvalue weighted by Crippen LogP contribution is -2.43. The minimum absolute atomic E-state index is 0.576. The highest BCUT2D eigenvalue weighted by molar-refractivity contribution is 6.84. The molecule has 0 N–H and O–H groups in total. The molecule has 0 aromatic carbocycles. The summed E-state index contributed by atoms with van der Waals surface area (Å²) in [5.74, 6) is 0.576. The monoisotopic (exact) mass is 274 g/mol. The Kier molecular flexibility index (Phi) is 6.91. The highest BCUT2D eigenvalue weighted by Gasteiger charge is 2.30. The van der Waals surface area contributed by atoms with Gasteiger partial charge in [0, 0.05) is 6.61 Å². The van der Waals surface area contributed by atoms with Gasteiger partial charge in [-0.2, -0.15) is 0 Å². The molecule has 0 spiro atoms. The van der Waals surface area contributed by atoms with Crippen LogP contribution in [0.2, 0.25) is 38.8 Å². The van der Waals surface area contributed by atoms with Gasteiger partial charge in [-0.25, -0.2) is 0 Å². The Bertz CT molecular complexity index is 244. The normalized spacial score (nSPS) is 14.8. The van der Waals surface area contributed by atoms with E-state index in [1.54, 1.807) is 0 Å². The van der Waals surface area contributed by atoms with E-state index in [0.29, 0.717) is 12.5 Å². The van der Waals surface area contributed by atoms with E-state index in [-0.39, 0.29) is 0 Å². The molecule has 0 aliphatic carbocycles. The summed E-state index contributed by atoms with van der Waals surface area (Å²) in [5, 5.41) is 0. The molecule has 0 radical (unpaired) electrons. The van der Waals surface area contributed by atoms with E-state index >= 15 is 0 Å². The third kappa shape index (κ3) is 10.9. The molecule has 0 saturated carbocycles. The van der Waals surface area contributed by atoms with Crippen molar-refractivity contribution in [3.8, 4) is 0 Å². The van der Waals surface area contributed by atoms with Crippen LogP contribution in [0.3, 0.4) is 0 Å². The molecule has 4 heteroatoms. The zero-order valence-electron chi connectivity index (χ0n) is 12.7. The average Bonchev–Trinajstić information content (AvgIpc) is 1.95. The van der Waals surface area contributed by atoms with E-state index in [4.69, 9.17) is 8.85 Å². The van der Waals surface area contributed by atoms with Gasteiger partial charge in [0.15, 0.2) is 16.6 Å². The smallest absolute Gasteiger partial charge is 0.173 e. The molecule has 1 unspecified atom stereocenters. The summed E-state index contributed by atoms with van der Waals surface area (Å²) in [6.45, 7) is 21.0. The fraction of sp³-hybridized carbons (Fsp3) is 0.846. The van der Waals surface area contributed by atoms with Crippen LogP contribution in [0.1, 0.15) is 13.8 Å². The molecular weight excluding hydrogens is 244 g/mol. The molecule has 0 aromatic heterocycles. The summed E-state index contributed by atoms with van der Waals surface area (Å²) in [4.78, 5) is 0. The van der Waals surface area contributed by atoms with Crippen molar-refractivity contribution in [1.29, 1.82) is 0 Å². The predicted molar refractivity (Wildman–Crippen MR) is 81.5 cm³/mol. The lowest BCUT2D eigenvalue weighted by Gasteiger charge is -2.33. The molecular formula is C13H30O2Si2. The zero-order valence-corrected chi connectivity index (χ0v) is 14.7.